The van der Waals surface area contributed by atoms with E-state index in [1.807, 2.05) is 0 Å². The molecule has 3 N–H and O–H groups in total. The van der Waals surface area contributed by atoms with Crippen LogP contribution in [0.1, 0.15) is 27.7 Å². The van der Waals surface area contributed by atoms with Crippen molar-refractivity contribution in [3.8, 4) is 0 Å². The molecule has 0 rings (SSSR count). The van der Waals surface area contributed by atoms with E-state index in [0.717, 1.165) is 27.7 Å². The van der Waals surface area contributed by atoms with Gasteiger partial charge in [-0.05, 0) is 13.8 Å². The quantitative estimate of drug-likeness (QED) is 0.210. The lowest BCUT2D eigenvalue weighted by Gasteiger charge is -2.45. The minimum absolute atomic E-state index is 0.728. The first-order valence-electron chi connectivity index (χ1n) is 6.90. The van der Waals surface area contributed by atoms with E-state index in [1.165, 1.54) is 0 Å². The van der Waals surface area contributed by atoms with Crippen LogP contribution in [0.5, 0.6) is 0 Å². The zero-order valence-corrected chi connectivity index (χ0v) is 15.5. The second kappa shape index (κ2) is 8.72. The first-order valence-corrected chi connectivity index (χ1v) is 7.55. The third-order valence-corrected chi connectivity index (χ3v) is 4.08. The van der Waals surface area contributed by atoms with Gasteiger partial charge in [0, 0.05) is 13.8 Å². The molecule has 0 saturated heterocycles. The Labute approximate surface area is 151 Å². The molecule has 0 aliphatic heterocycles. The van der Waals surface area contributed by atoms with Gasteiger partial charge in [-0.1, -0.05) is 0 Å². The molecular formula is C14H19BrO10. The van der Waals surface area contributed by atoms with Crippen molar-refractivity contribution < 1.29 is 47.9 Å². The van der Waals surface area contributed by atoms with E-state index in [0.29, 0.717) is 0 Å². The van der Waals surface area contributed by atoms with Gasteiger partial charge in [0.15, 0.2) is 17.3 Å². The summed E-state index contributed by atoms with van der Waals surface area (Å²) in [4.78, 5) is 60.3. The van der Waals surface area contributed by atoms with Crippen molar-refractivity contribution >= 4 is 45.4 Å². The topological polar surface area (TPSA) is 164 Å². The fourth-order valence-corrected chi connectivity index (χ4v) is 3.08. The van der Waals surface area contributed by atoms with Crippen LogP contribution < -0.4 is 0 Å². The molecule has 0 aromatic rings. The highest BCUT2D eigenvalue weighted by molar-refractivity contribution is 9.06. The number of ether oxygens (including phenoxy) is 1. The summed E-state index contributed by atoms with van der Waals surface area (Å²) in [5.74, 6) is -6.74. The van der Waals surface area contributed by atoms with E-state index in [1.54, 1.807) is 0 Å². The molecule has 0 radical (unpaired) electrons. The van der Waals surface area contributed by atoms with Gasteiger partial charge in [0.1, 0.15) is 28.5 Å². The molecule has 25 heavy (non-hydrogen) atoms. The summed E-state index contributed by atoms with van der Waals surface area (Å²) in [6.07, 6.45) is -4.52. The lowest BCUT2D eigenvalue weighted by Crippen LogP contribution is -2.76. The molecule has 0 aliphatic carbocycles. The summed E-state index contributed by atoms with van der Waals surface area (Å²) >= 11 is 2.40. The van der Waals surface area contributed by atoms with Gasteiger partial charge in [0.05, 0.1) is 6.61 Å². The molecule has 0 saturated carbocycles. The van der Waals surface area contributed by atoms with Crippen LogP contribution in [-0.2, 0) is 32.5 Å². The summed E-state index contributed by atoms with van der Waals surface area (Å²) in [5.41, 5.74) is -6.27. The van der Waals surface area contributed by atoms with Crippen molar-refractivity contribution in [2.75, 3.05) is 6.61 Å². The lowest BCUT2D eigenvalue weighted by molar-refractivity contribution is -0.215. The van der Waals surface area contributed by atoms with Crippen molar-refractivity contribution in [3.05, 3.63) is 0 Å². The Morgan fingerprint density at radius 1 is 1.00 bits per heavy atom. The van der Waals surface area contributed by atoms with Gasteiger partial charge >= 0.3 is 5.97 Å². The Hall–Kier alpha value is -1.53. The first-order chi connectivity index (χ1) is 11.4. The van der Waals surface area contributed by atoms with Crippen molar-refractivity contribution in [3.63, 3.8) is 0 Å². The highest BCUT2D eigenvalue weighted by Crippen LogP contribution is 2.40. The summed E-state index contributed by atoms with van der Waals surface area (Å²) in [6, 6.07) is 0. The minimum atomic E-state index is -3.23. The number of aliphatic hydroxyl groups is 3. The molecule has 3 unspecified atom stereocenters. The van der Waals surface area contributed by atoms with Gasteiger partial charge in [0.2, 0.25) is 5.60 Å². The molecule has 0 aromatic carbocycles. The van der Waals surface area contributed by atoms with Gasteiger partial charge < -0.3 is 20.1 Å². The summed E-state index contributed by atoms with van der Waals surface area (Å²) in [6.45, 7) is 1.93. The number of hydrogen-bond acceptors (Lipinski definition) is 10. The van der Waals surface area contributed by atoms with Crippen molar-refractivity contribution in [2.45, 2.75) is 51.1 Å². The number of hydrogen-bond donors (Lipinski definition) is 3. The Morgan fingerprint density at radius 2 is 1.48 bits per heavy atom. The average molecular weight is 427 g/mol. The molecule has 0 aliphatic rings. The second-order valence-corrected chi connectivity index (χ2v) is 5.60. The van der Waals surface area contributed by atoms with Crippen molar-refractivity contribution in [1.29, 1.82) is 0 Å². The molecule has 0 heterocycles. The number of halogens is 1. The number of esters is 1. The standard InChI is InChI=1S/C14H19BrO10/c1-6(17)11(22)13(7(2)18,24-9(4)20)14(25-15,8(3)19)12(23)10(21)5-16/h10,12,16,21,23H,5H2,1-4H3/t10?,12?,13-,14?/m0/s1. The van der Waals surface area contributed by atoms with Crippen molar-refractivity contribution in [2.24, 2.45) is 0 Å². The maximum absolute atomic E-state index is 12.5. The predicted octanol–water partition coefficient (Wildman–Crippen LogP) is -1.60. The second-order valence-electron chi connectivity index (χ2n) is 5.28. The van der Waals surface area contributed by atoms with Gasteiger partial charge in [-0.15, -0.1) is 0 Å². The zero-order valence-electron chi connectivity index (χ0n) is 13.9. The Morgan fingerprint density at radius 3 is 1.72 bits per heavy atom. The van der Waals surface area contributed by atoms with Crippen LogP contribution in [0.25, 0.3) is 0 Å². The van der Waals surface area contributed by atoms with Gasteiger partial charge in [-0.3, -0.25) is 27.8 Å². The maximum Gasteiger partial charge on any atom is 0.304 e. The van der Waals surface area contributed by atoms with Gasteiger partial charge in [0.25, 0.3) is 11.4 Å². The van der Waals surface area contributed by atoms with E-state index in [-0.39, 0.29) is 0 Å². The molecule has 0 bridgehead atoms. The van der Waals surface area contributed by atoms with Crippen LogP contribution in [0, 0.1) is 0 Å². The molecule has 142 valence electrons. The fraction of sp³-hybridized carbons (Fsp3) is 0.643. The summed E-state index contributed by atoms with van der Waals surface area (Å²) in [7, 11) is 0. The Balaban J connectivity index is 7.11. The van der Waals surface area contributed by atoms with E-state index in [9.17, 15) is 34.2 Å². The van der Waals surface area contributed by atoms with Gasteiger partial charge in [-0.25, -0.2) is 0 Å². The SMILES string of the molecule is CC(=O)O[C@@](C(C)=O)(C(=O)C(C)=O)C(OBr)(C(C)=O)C(O)C(O)CO. The van der Waals surface area contributed by atoms with Crippen molar-refractivity contribution in [1.82, 2.24) is 0 Å². The third kappa shape index (κ3) is 3.85. The number of carbonyl (C=O) groups is 5. The van der Waals surface area contributed by atoms with Crippen LogP contribution in [0.2, 0.25) is 0 Å². The maximum atomic E-state index is 12.5. The fourth-order valence-electron chi connectivity index (χ4n) is 2.44. The highest BCUT2D eigenvalue weighted by Gasteiger charge is 2.72. The average Bonchev–Trinajstić information content (AvgIpc) is 2.51. The number of ketones is 4. The highest BCUT2D eigenvalue weighted by atomic mass is 79.9. The molecule has 0 amide bonds. The third-order valence-electron chi connectivity index (χ3n) is 3.57. The van der Waals surface area contributed by atoms with E-state index >= 15 is 0 Å². The normalized spacial score (nSPS) is 18.2. The molecule has 10 nitrogen and oxygen atoms in total. The number of rotatable bonds is 10. The lowest BCUT2D eigenvalue weighted by atomic mass is 9.69. The minimum Gasteiger partial charge on any atom is -0.439 e. The number of Topliss-reactive ketones (excluding diaryl/α,β-unsaturated/α-hetero) is 4. The van der Waals surface area contributed by atoms with Crippen LogP contribution in [0.3, 0.4) is 0 Å². The summed E-state index contributed by atoms with van der Waals surface area (Å²) in [5, 5.41) is 29.1. The van der Waals surface area contributed by atoms with E-state index < -0.39 is 59.1 Å². The van der Waals surface area contributed by atoms with Crippen LogP contribution in [-0.4, -0.2) is 74.4 Å². The summed E-state index contributed by atoms with van der Waals surface area (Å²) < 4.78 is 9.52. The molecule has 4 atom stereocenters. The monoisotopic (exact) mass is 426 g/mol. The van der Waals surface area contributed by atoms with E-state index in [2.05, 4.69) is 16.3 Å². The Kier molecular flexibility index (Phi) is 8.18. The van der Waals surface area contributed by atoms with Crippen LogP contribution in [0.15, 0.2) is 0 Å². The first kappa shape index (κ1) is 23.5. The molecule has 11 heteroatoms. The smallest absolute Gasteiger partial charge is 0.304 e. The van der Waals surface area contributed by atoms with Crippen LogP contribution in [0.4, 0.5) is 0 Å². The molecule has 0 aromatic heterocycles. The molecule has 0 spiro atoms. The molecular weight excluding hydrogens is 408 g/mol. The number of aliphatic hydroxyl groups excluding tert-OH is 3. The largest absolute Gasteiger partial charge is 0.439 e. The predicted molar refractivity (Wildman–Crippen MR) is 83.4 cm³/mol. The Bertz CT molecular complexity index is 588. The molecule has 0 fully saturated rings. The van der Waals surface area contributed by atoms with E-state index in [4.69, 9.17) is 13.7 Å². The number of carbonyl (C=O) groups excluding carboxylic acids is 5. The van der Waals surface area contributed by atoms with Crippen LogP contribution >= 0.6 is 16.3 Å². The zero-order chi connectivity index (χ0) is 20.2. The van der Waals surface area contributed by atoms with Gasteiger partial charge in [-0.2, -0.15) is 0 Å².